The molecule has 0 aromatic heterocycles. The number of ether oxygens (including phenoxy) is 3. The van der Waals surface area contributed by atoms with Crippen molar-refractivity contribution in [3.63, 3.8) is 0 Å². The number of imide groups is 1. The van der Waals surface area contributed by atoms with Crippen LogP contribution in [0.1, 0.15) is 67.8 Å². The predicted octanol–water partition coefficient (Wildman–Crippen LogP) is 6.78. The van der Waals surface area contributed by atoms with Gasteiger partial charge in [0.25, 0.3) is 11.8 Å². The minimum absolute atomic E-state index is 0.0811. The lowest BCUT2D eigenvalue weighted by atomic mass is 10.1. The molecule has 0 spiro atoms. The predicted molar refractivity (Wildman–Crippen MR) is 145 cm³/mol. The molecule has 0 aliphatic carbocycles. The summed E-state index contributed by atoms with van der Waals surface area (Å²) in [5.74, 6) is 2.81. The van der Waals surface area contributed by atoms with E-state index in [0.29, 0.717) is 17.0 Å². The molecule has 0 unspecified atom stereocenters. The second kappa shape index (κ2) is 12.9. The van der Waals surface area contributed by atoms with E-state index < -0.39 is 0 Å². The second-order valence-electron chi connectivity index (χ2n) is 9.12. The quantitative estimate of drug-likeness (QED) is 0.361. The first-order valence-corrected chi connectivity index (χ1v) is 13.0. The van der Waals surface area contributed by atoms with Gasteiger partial charge in [-0.05, 0) is 49.7 Å². The number of rotatable bonds is 2. The number of amides is 2. The first-order chi connectivity index (χ1) is 17.9. The third kappa shape index (κ3) is 6.50. The van der Waals surface area contributed by atoms with Gasteiger partial charge in [0.1, 0.15) is 5.75 Å². The van der Waals surface area contributed by atoms with E-state index in [-0.39, 0.29) is 24.1 Å². The highest BCUT2D eigenvalue weighted by atomic mass is 16.7. The molecule has 3 aromatic carbocycles. The monoisotopic (exact) mass is 503 g/mol. The Labute approximate surface area is 220 Å². The highest BCUT2D eigenvalue weighted by molar-refractivity contribution is 6.21. The molecule has 3 heterocycles. The summed E-state index contributed by atoms with van der Waals surface area (Å²) in [6.07, 6.45) is 0.971. The molecule has 0 bridgehead atoms. The fourth-order valence-corrected chi connectivity index (χ4v) is 3.99. The molecule has 37 heavy (non-hydrogen) atoms. The van der Waals surface area contributed by atoms with E-state index in [1.807, 2.05) is 70.2 Å². The largest absolute Gasteiger partial charge is 0.493 e. The van der Waals surface area contributed by atoms with Gasteiger partial charge < -0.3 is 14.2 Å². The molecule has 3 aromatic rings. The molecule has 0 saturated heterocycles. The van der Waals surface area contributed by atoms with Crippen LogP contribution in [-0.2, 0) is 6.42 Å². The third-order valence-corrected chi connectivity index (χ3v) is 5.82. The van der Waals surface area contributed by atoms with E-state index in [1.54, 1.807) is 24.3 Å². The van der Waals surface area contributed by atoms with Crippen molar-refractivity contribution < 1.29 is 23.8 Å². The summed E-state index contributed by atoms with van der Waals surface area (Å²) in [6.45, 7) is 12.7. The summed E-state index contributed by atoms with van der Waals surface area (Å²) in [6, 6.07) is 22.8. The van der Waals surface area contributed by atoms with Crippen LogP contribution in [0.15, 0.2) is 72.8 Å². The summed E-state index contributed by atoms with van der Waals surface area (Å²) in [7, 11) is 0. The SMILES string of the molecule is CC.CC(C)C1Oc2ccccc2O1.CC(C)N1C(=O)c2ccccc2C1=O.c1ccc2c(c1)CCO2. The number of fused-ring (bicyclic) bond motifs is 3. The van der Waals surface area contributed by atoms with E-state index in [2.05, 4.69) is 19.9 Å². The number of hydrogen-bond donors (Lipinski definition) is 0. The molecule has 3 aliphatic heterocycles. The van der Waals surface area contributed by atoms with Crippen LogP contribution in [0.2, 0.25) is 0 Å². The lowest BCUT2D eigenvalue weighted by molar-refractivity contribution is 0.00910. The molecule has 6 heteroatoms. The number of para-hydroxylation sites is 3. The molecule has 3 aliphatic rings. The van der Waals surface area contributed by atoms with Gasteiger partial charge in [0, 0.05) is 18.4 Å². The van der Waals surface area contributed by atoms with E-state index in [4.69, 9.17) is 14.2 Å². The summed E-state index contributed by atoms with van der Waals surface area (Å²) in [5, 5.41) is 0. The molecule has 0 saturated carbocycles. The van der Waals surface area contributed by atoms with Crippen LogP contribution in [0.25, 0.3) is 0 Å². The fourth-order valence-electron chi connectivity index (χ4n) is 3.99. The average Bonchev–Trinajstić information content (AvgIpc) is 3.63. The lowest BCUT2D eigenvalue weighted by Gasteiger charge is -2.17. The number of carbonyl (C=O) groups excluding carboxylic acids is 2. The van der Waals surface area contributed by atoms with Crippen LogP contribution in [0.3, 0.4) is 0 Å². The Bertz CT molecular complexity index is 1120. The van der Waals surface area contributed by atoms with Crippen molar-refractivity contribution in [2.24, 2.45) is 5.92 Å². The Morgan fingerprint density at radius 2 is 1.16 bits per heavy atom. The number of hydrogen-bond acceptors (Lipinski definition) is 5. The number of benzene rings is 3. The summed E-state index contributed by atoms with van der Waals surface area (Å²) < 4.78 is 16.4. The van der Waals surface area contributed by atoms with Gasteiger partial charge in [-0.15, -0.1) is 0 Å². The Morgan fingerprint density at radius 1 is 0.703 bits per heavy atom. The Hall–Kier alpha value is -3.80. The second-order valence-corrected chi connectivity index (χ2v) is 9.12. The summed E-state index contributed by atoms with van der Waals surface area (Å²) in [5.41, 5.74) is 2.38. The minimum atomic E-state index is -0.180. The van der Waals surface area contributed by atoms with E-state index >= 15 is 0 Å². The normalized spacial score (nSPS) is 14.5. The topological polar surface area (TPSA) is 65.1 Å². The van der Waals surface area contributed by atoms with Gasteiger partial charge in [0.15, 0.2) is 11.5 Å². The van der Waals surface area contributed by atoms with Gasteiger partial charge in [-0.2, -0.15) is 0 Å². The van der Waals surface area contributed by atoms with E-state index in [0.717, 1.165) is 30.3 Å². The van der Waals surface area contributed by atoms with Crippen LogP contribution in [0.4, 0.5) is 0 Å². The average molecular weight is 504 g/mol. The smallest absolute Gasteiger partial charge is 0.261 e. The van der Waals surface area contributed by atoms with Crippen molar-refractivity contribution in [3.05, 3.63) is 89.5 Å². The molecule has 0 atom stereocenters. The van der Waals surface area contributed by atoms with Crippen LogP contribution < -0.4 is 14.2 Å². The maximum Gasteiger partial charge on any atom is 0.261 e. The maximum atomic E-state index is 11.8. The first-order valence-electron chi connectivity index (χ1n) is 13.0. The highest BCUT2D eigenvalue weighted by Crippen LogP contribution is 2.35. The zero-order valence-electron chi connectivity index (χ0n) is 22.6. The number of carbonyl (C=O) groups is 2. The standard InChI is InChI=1S/C11H11NO2.C10H12O2.C8H8O.C2H6/c1-7(2)12-10(13)8-5-3-4-6-9(8)11(12)14;1-7(2)10-11-8-5-3-4-6-9(8)12-10;1-2-4-8-7(3-1)5-6-9-8;1-2/h3-7H,1-2H3;3-7,10H,1-2H3;1-4H,5-6H2;1-2H3. The first kappa shape index (κ1) is 27.8. The summed E-state index contributed by atoms with van der Waals surface area (Å²) in [4.78, 5) is 24.8. The maximum absolute atomic E-state index is 11.8. The Morgan fingerprint density at radius 3 is 1.62 bits per heavy atom. The van der Waals surface area contributed by atoms with Crippen molar-refractivity contribution in [3.8, 4) is 17.2 Å². The Balaban J connectivity index is 0.000000152. The van der Waals surface area contributed by atoms with Gasteiger partial charge in [-0.1, -0.05) is 70.2 Å². The Kier molecular flexibility index (Phi) is 9.72. The van der Waals surface area contributed by atoms with Gasteiger partial charge >= 0.3 is 0 Å². The molecular weight excluding hydrogens is 466 g/mol. The van der Waals surface area contributed by atoms with Crippen LogP contribution >= 0.6 is 0 Å². The molecular formula is C31H37NO5. The molecule has 2 amide bonds. The zero-order chi connectivity index (χ0) is 26.9. The fraction of sp³-hybridized carbons (Fsp3) is 0.355. The number of nitrogens with zero attached hydrogens (tertiary/aromatic N) is 1. The highest BCUT2D eigenvalue weighted by Gasteiger charge is 2.36. The zero-order valence-corrected chi connectivity index (χ0v) is 22.6. The molecule has 0 radical (unpaired) electrons. The molecule has 0 fully saturated rings. The molecule has 0 N–H and O–H groups in total. The van der Waals surface area contributed by atoms with Crippen LogP contribution in [0.5, 0.6) is 17.2 Å². The van der Waals surface area contributed by atoms with Crippen molar-refractivity contribution in [1.82, 2.24) is 4.90 Å². The minimum Gasteiger partial charge on any atom is -0.493 e. The third-order valence-electron chi connectivity index (χ3n) is 5.82. The molecule has 6 rings (SSSR count). The van der Waals surface area contributed by atoms with Crippen molar-refractivity contribution >= 4 is 11.8 Å². The molecule has 6 nitrogen and oxygen atoms in total. The van der Waals surface area contributed by atoms with Gasteiger partial charge in [0.05, 0.1) is 17.7 Å². The molecule has 196 valence electrons. The van der Waals surface area contributed by atoms with E-state index in [9.17, 15) is 9.59 Å². The van der Waals surface area contributed by atoms with Crippen LogP contribution in [-0.4, -0.2) is 35.7 Å². The van der Waals surface area contributed by atoms with Crippen molar-refractivity contribution in [2.75, 3.05) is 6.61 Å². The van der Waals surface area contributed by atoms with Gasteiger partial charge in [-0.25, -0.2) is 0 Å². The van der Waals surface area contributed by atoms with Gasteiger partial charge in [0.2, 0.25) is 6.29 Å². The van der Waals surface area contributed by atoms with Gasteiger partial charge in [-0.3, -0.25) is 14.5 Å². The lowest BCUT2D eigenvalue weighted by Crippen LogP contribution is -2.35. The van der Waals surface area contributed by atoms with Crippen molar-refractivity contribution in [2.45, 2.75) is 60.3 Å². The summed E-state index contributed by atoms with van der Waals surface area (Å²) >= 11 is 0. The van der Waals surface area contributed by atoms with Crippen LogP contribution in [0, 0.1) is 5.92 Å². The van der Waals surface area contributed by atoms with E-state index in [1.165, 1.54) is 10.5 Å². The van der Waals surface area contributed by atoms with Crippen molar-refractivity contribution in [1.29, 1.82) is 0 Å².